The van der Waals surface area contributed by atoms with Gasteiger partial charge in [-0.05, 0) is 11.6 Å². The highest BCUT2D eigenvalue weighted by molar-refractivity contribution is 6.25. The van der Waals surface area contributed by atoms with Crippen molar-refractivity contribution in [2.75, 3.05) is 13.8 Å². The zero-order valence-electron chi connectivity index (χ0n) is 11.8. The molecule has 0 aliphatic rings. The maximum atomic E-state index is 10.0. The standard InChI is InChI=1S/C4H7NO2.C4H6O2.C3H4O2.C2H3Cl/c1-2-4(7)5-3-6;1-3-4(5)6-2;1-2-3(4)5;1-2-3/h2,6H,1,3H2,(H,5,7);3H,1H2,2H3;2H,1H2,(H,4,5);2H,1H2. The Hall–Kier alpha value is -2.38. The summed E-state index contributed by atoms with van der Waals surface area (Å²) in [6, 6.07) is 0. The molecule has 0 heterocycles. The van der Waals surface area contributed by atoms with Gasteiger partial charge >= 0.3 is 11.9 Å². The third-order valence-electron chi connectivity index (χ3n) is 0.981. The molecule has 0 fully saturated rings. The quantitative estimate of drug-likeness (QED) is 0.407. The molecule has 0 bridgehead atoms. The number of halogens is 1. The van der Waals surface area contributed by atoms with Crippen LogP contribution in [0.2, 0.25) is 0 Å². The number of aliphatic hydroxyl groups is 1. The van der Waals surface area contributed by atoms with Crippen LogP contribution in [0.25, 0.3) is 0 Å². The maximum absolute atomic E-state index is 10.0. The molecule has 0 unspecified atom stereocenters. The summed E-state index contributed by atoms with van der Waals surface area (Å²) in [5.41, 5.74) is 1.22. The monoisotopic (exact) mass is 321 g/mol. The summed E-state index contributed by atoms with van der Waals surface area (Å²) in [6.07, 6.45) is 3.04. The zero-order valence-corrected chi connectivity index (χ0v) is 12.5. The lowest BCUT2D eigenvalue weighted by atomic mass is 10.6. The second kappa shape index (κ2) is 26.2. The molecular weight excluding hydrogens is 302 g/mol. The van der Waals surface area contributed by atoms with Gasteiger partial charge in [0.25, 0.3) is 0 Å². The van der Waals surface area contributed by atoms with Crippen LogP contribution in [0.3, 0.4) is 0 Å². The van der Waals surface area contributed by atoms with Crippen LogP contribution in [-0.2, 0) is 19.1 Å². The third-order valence-corrected chi connectivity index (χ3v) is 0.981. The van der Waals surface area contributed by atoms with E-state index >= 15 is 0 Å². The van der Waals surface area contributed by atoms with Crippen LogP contribution in [0.5, 0.6) is 0 Å². The molecule has 0 radical (unpaired) electrons. The number of amides is 1. The van der Waals surface area contributed by atoms with Crippen LogP contribution in [0.4, 0.5) is 0 Å². The molecule has 0 saturated heterocycles. The van der Waals surface area contributed by atoms with Gasteiger partial charge in [-0.1, -0.05) is 37.9 Å². The molecule has 0 aromatic carbocycles. The fourth-order valence-electron chi connectivity index (χ4n) is 0.233. The average Bonchev–Trinajstić information content (AvgIpc) is 2.48. The number of hydrogen-bond donors (Lipinski definition) is 3. The minimum Gasteiger partial charge on any atom is -0.478 e. The summed E-state index contributed by atoms with van der Waals surface area (Å²) in [5, 5.41) is 17.7. The number of carbonyl (C=O) groups excluding carboxylic acids is 2. The maximum Gasteiger partial charge on any atom is 0.329 e. The van der Waals surface area contributed by atoms with Gasteiger partial charge < -0.3 is 20.3 Å². The first-order valence-electron chi connectivity index (χ1n) is 5.09. The smallest absolute Gasteiger partial charge is 0.329 e. The number of aliphatic hydroxyl groups excluding tert-OH is 1. The van der Waals surface area contributed by atoms with Crippen LogP contribution in [0, 0.1) is 0 Å². The van der Waals surface area contributed by atoms with Crippen molar-refractivity contribution in [1.82, 2.24) is 5.32 Å². The molecule has 1 amide bonds. The molecule has 7 nitrogen and oxygen atoms in total. The Labute approximate surface area is 128 Å². The van der Waals surface area contributed by atoms with Gasteiger partial charge in [-0.2, -0.15) is 0 Å². The van der Waals surface area contributed by atoms with Gasteiger partial charge in [-0.25, -0.2) is 9.59 Å². The highest BCUT2D eigenvalue weighted by atomic mass is 35.5. The molecule has 0 rings (SSSR count). The van der Waals surface area contributed by atoms with Gasteiger partial charge in [0, 0.05) is 12.2 Å². The zero-order chi connectivity index (χ0) is 17.7. The fourth-order valence-corrected chi connectivity index (χ4v) is 0.233. The number of esters is 1. The Balaban J connectivity index is -0.0000000955. The first-order valence-corrected chi connectivity index (χ1v) is 5.52. The van der Waals surface area contributed by atoms with E-state index < -0.39 is 11.9 Å². The number of nitrogens with one attached hydrogen (secondary N) is 1. The van der Waals surface area contributed by atoms with E-state index in [0.29, 0.717) is 0 Å². The molecular formula is C13H20ClNO6. The molecule has 120 valence electrons. The lowest BCUT2D eigenvalue weighted by Crippen LogP contribution is -2.20. The van der Waals surface area contributed by atoms with Crippen molar-refractivity contribution in [2.45, 2.75) is 0 Å². The second-order valence-corrected chi connectivity index (χ2v) is 2.64. The van der Waals surface area contributed by atoms with Crippen molar-refractivity contribution in [1.29, 1.82) is 0 Å². The van der Waals surface area contributed by atoms with Crippen molar-refractivity contribution in [2.24, 2.45) is 0 Å². The Morgan fingerprint density at radius 2 is 1.52 bits per heavy atom. The predicted octanol–water partition coefficient (Wildman–Crippen LogP) is 1.21. The van der Waals surface area contributed by atoms with Gasteiger partial charge in [0.15, 0.2) is 0 Å². The highest BCUT2D eigenvalue weighted by Crippen LogP contribution is 1.67. The van der Waals surface area contributed by atoms with Crippen molar-refractivity contribution in [3.8, 4) is 0 Å². The van der Waals surface area contributed by atoms with Crippen molar-refractivity contribution >= 4 is 29.4 Å². The number of carbonyl (C=O) groups is 3. The average molecular weight is 322 g/mol. The molecule has 8 heteroatoms. The number of hydrogen-bond acceptors (Lipinski definition) is 5. The van der Waals surface area contributed by atoms with Gasteiger partial charge in [0.1, 0.15) is 6.73 Å². The molecule has 0 aromatic rings. The van der Waals surface area contributed by atoms with E-state index in [9.17, 15) is 14.4 Å². The molecule has 21 heavy (non-hydrogen) atoms. The van der Waals surface area contributed by atoms with E-state index in [1.165, 1.54) is 12.6 Å². The lowest BCUT2D eigenvalue weighted by Gasteiger charge is -1.89. The topological polar surface area (TPSA) is 113 Å². The number of rotatable bonds is 4. The first kappa shape index (κ1) is 27.0. The SMILES string of the molecule is C=CC(=O)NCO.C=CC(=O)O.C=CC(=O)OC.C=CCl. The molecule has 3 N–H and O–H groups in total. The van der Waals surface area contributed by atoms with Crippen LogP contribution in [0.1, 0.15) is 0 Å². The second-order valence-electron chi connectivity index (χ2n) is 2.33. The summed E-state index contributed by atoms with van der Waals surface area (Å²) < 4.78 is 4.14. The van der Waals surface area contributed by atoms with Crippen LogP contribution in [-0.4, -0.2) is 41.9 Å². The molecule has 0 aliphatic carbocycles. The molecule has 0 atom stereocenters. The van der Waals surface area contributed by atoms with E-state index in [4.69, 9.17) is 21.8 Å². The Morgan fingerprint density at radius 1 is 1.14 bits per heavy atom. The number of methoxy groups -OCH3 is 1. The summed E-state index contributed by atoms with van der Waals surface area (Å²) in [7, 11) is 1.31. The Kier molecular flexibility index (Phi) is 33.8. The highest BCUT2D eigenvalue weighted by Gasteiger charge is 1.84. The normalized spacial score (nSPS) is 6.62. The molecule has 0 aliphatic heterocycles. The van der Waals surface area contributed by atoms with E-state index in [1.54, 1.807) is 0 Å². The van der Waals surface area contributed by atoms with E-state index in [0.717, 1.165) is 18.2 Å². The van der Waals surface area contributed by atoms with E-state index in [-0.39, 0.29) is 12.6 Å². The van der Waals surface area contributed by atoms with E-state index in [2.05, 4.69) is 36.4 Å². The van der Waals surface area contributed by atoms with E-state index in [1.807, 2.05) is 0 Å². The fraction of sp³-hybridized carbons (Fsp3) is 0.154. The van der Waals surface area contributed by atoms with Crippen LogP contribution in [0.15, 0.2) is 50.1 Å². The van der Waals surface area contributed by atoms with Crippen molar-refractivity contribution in [3.05, 3.63) is 50.1 Å². The number of ether oxygens (including phenoxy) is 1. The summed E-state index contributed by atoms with van der Waals surface area (Å²) >= 11 is 4.76. The first-order chi connectivity index (χ1) is 9.80. The lowest BCUT2D eigenvalue weighted by molar-refractivity contribution is -0.135. The largest absolute Gasteiger partial charge is 0.478 e. The Bertz CT molecular complexity index is 342. The summed E-state index contributed by atoms with van der Waals surface area (Å²) in [4.78, 5) is 29.1. The van der Waals surface area contributed by atoms with Gasteiger partial charge in [-0.3, -0.25) is 4.79 Å². The predicted molar refractivity (Wildman–Crippen MR) is 81.5 cm³/mol. The van der Waals surface area contributed by atoms with Gasteiger partial charge in [0.2, 0.25) is 5.91 Å². The number of carboxylic acid groups (broad SMARTS) is 1. The van der Waals surface area contributed by atoms with Gasteiger partial charge in [0.05, 0.1) is 7.11 Å². The van der Waals surface area contributed by atoms with Crippen LogP contribution < -0.4 is 5.32 Å². The molecule has 0 spiro atoms. The summed E-state index contributed by atoms with van der Waals surface area (Å²) in [6.45, 7) is 12.1. The molecule has 0 saturated carbocycles. The minimum atomic E-state index is -0.981. The van der Waals surface area contributed by atoms with Crippen molar-refractivity contribution in [3.63, 3.8) is 0 Å². The van der Waals surface area contributed by atoms with Crippen LogP contribution >= 0.6 is 11.6 Å². The summed E-state index contributed by atoms with van der Waals surface area (Å²) in [5.74, 6) is -1.73. The molecule has 0 aromatic heterocycles. The Morgan fingerprint density at radius 3 is 1.57 bits per heavy atom. The minimum absolute atomic E-state index is 0.329. The van der Waals surface area contributed by atoms with Crippen molar-refractivity contribution < 1.29 is 29.3 Å². The van der Waals surface area contributed by atoms with Gasteiger partial charge in [-0.15, -0.1) is 0 Å². The third kappa shape index (κ3) is 57.9. The number of aliphatic carboxylic acids is 1. The number of carboxylic acids is 1.